The highest BCUT2D eigenvalue weighted by atomic mass is 16.5. The second-order valence-corrected chi connectivity index (χ2v) is 5.27. The van der Waals surface area contributed by atoms with Crippen LogP contribution in [0.4, 0.5) is 6.01 Å². The lowest BCUT2D eigenvalue weighted by atomic mass is 9.93. The molecule has 0 radical (unpaired) electrons. The van der Waals surface area contributed by atoms with Crippen LogP contribution in [0.3, 0.4) is 0 Å². The van der Waals surface area contributed by atoms with Crippen LogP contribution in [-0.4, -0.2) is 28.6 Å². The number of primary amides is 1. The summed E-state index contributed by atoms with van der Waals surface area (Å²) in [7, 11) is 0. The molecule has 1 aliphatic rings. The molecule has 18 heavy (non-hydrogen) atoms. The van der Waals surface area contributed by atoms with Crippen LogP contribution in [0.15, 0.2) is 4.52 Å². The fourth-order valence-electron chi connectivity index (χ4n) is 2.18. The van der Waals surface area contributed by atoms with Gasteiger partial charge in [-0.3, -0.25) is 4.79 Å². The number of hydrogen-bond donors (Lipinski definition) is 1. The highest BCUT2D eigenvalue weighted by molar-refractivity contribution is 5.77. The average Bonchev–Trinajstić information content (AvgIpc) is 2.78. The largest absolute Gasteiger partial charge is 0.369 e. The quantitative estimate of drug-likeness (QED) is 0.876. The van der Waals surface area contributed by atoms with E-state index in [-0.39, 0.29) is 17.7 Å². The Morgan fingerprint density at radius 3 is 2.78 bits per heavy atom. The first kappa shape index (κ1) is 12.9. The van der Waals surface area contributed by atoms with Crippen molar-refractivity contribution >= 4 is 11.9 Å². The second kappa shape index (κ2) is 4.96. The lowest BCUT2D eigenvalue weighted by Crippen LogP contribution is -2.46. The van der Waals surface area contributed by atoms with Crippen molar-refractivity contribution in [3.63, 3.8) is 0 Å². The number of rotatable bonds is 3. The van der Waals surface area contributed by atoms with E-state index in [1.54, 1.807) is 0 Å². The van der Waals surface area contributed by atoms with Crippen molar-refractivity contribution in [3.8, 4) is 0 Å². The van der Waals surface area contributed by atoms with Crippen LogP contribution >= 0.6 is 0 Å². The van der Waals surface area contributed by atoms with Crippen molar-refractivity contribution in [3.05, 3.63) is 5.82 Å². The fraction of sp³-hybridized carbons (Fsp3) is 0.750. The number of aromatic nitrogens is 2. The number of carbonyl (C=O) groups excluding carboxylic acids is 1. The van der Waals surface area contributed by atoms with Gasteiger partial charge in [-0.1, -0.05) is 19.0 Å². The molecular formula is C12H20N4O2. The molecule has 2 N–H and O–H groups in total. The van der Waals surface area contributed by atoms with Crippen LogP contribution < -0.4 is 10.6 Å². The van der Waals surface area contributed by atoms with Gasteiger partial charge >= 0.3 is 6.01 Å². The van der Waals surface area contributed by atoms with E-state index in [1.165, 1.54) is 0 Å². The SMILES string of the molecule is CC(C)c1noc(N2C[C@@H](C(N)=O)CC[C@@H]2C)n1. The minimum Gasteiger partial charge on any atom is -0.369 e. The first-order valence-electron chi connectivity index (χ1n) is 6.38. The molecule has 6 heteroatoms. The number of anilines is 1. The first-order valence-corrected chi connectivity index (χ1v) is 6.38. The first-order chi connectivity index (χ1) is 8.49. The lowest BCUT2D eigenvalue weighted by molar-refractivity contribution is -0.122. The maximum absolute atomic E-state index is 11.3. The molecule has 2 heterocycles. The molecule has 0 aliphatic carbocycles. The Morgan fingerprint density at radius 2 is 2.22 bits per heavy atom. The summed E-state index contributed by atoms with van der Waals surface area (Å²) >= 11 is 0. The van der Waals surface area contributed by atoms with Crippen molar-refractivity contribution in [1.82, 2.24) is 10.1 Å². The molecule has 1 aromatic rings. The Labute approximate surface area is 107 Å². The van der Waals surface area contributed by atoms with Crippen LogP contribution in [0.5, 0.6) is 0 Å². The molecule has 100 valence electrons. The van der Waals surface area contributed by atoms with E-state index in [2.05, 4.69) is 17.1 Å². The number of nitrogens with zero attached hydrogens (tertiary/aromatic N) is 3. The summed E-state index contributed by atoms with van der Waals surface area (Å²) in [4.78, 5) is 17.6. The van der Waals surface area contributed by atoms with Gasteiger partial charge in [-0.25, -0.2) is 0 Å². The van der Waals surface area contributed by atoms with Crippen LogP contribution in [0.1, 0.15) is 45.4 Å². The molecule has 1 fully saturated rings. The van der Waals surface area contributed by atoms with Crippen molar-refractivity contribution in [2.24, 2.45) is 11.7 Å². The van der Waals surface area contributed by atoms with E-state index in [0.29, 0.717) is 24.4 Å². The monoisotopic (exact) mass is 252 g/mol. The van der Waals surface area contributed by atoms with Crippen molar-refractivity contribution < 1.29 is 9.32 Å². The minimum absolute atomic E-state index is 0.129. The number of amides is 1. The van der Waals surface area contributed by atoms with Crippen molar-refractivity contribution in [1.29, 1.82) is 0 Å². The van der Waals surface area contributed by atoms with Gasteiger partial charge in [-0.15, -0.1) is 0 Å². The number of hydrogen-bond acceptors (Lipinski definition) is 5. The number of piperidine rings is 1. The molecule has 1 saturated heterocycles. The summed E-state index contributed by atoms with van der Waals surface area (Å²) in [6.45, 7) is 6.69. The van der Waals surface area contributed by atoms with Crippen LogP contribution in [-0.2, 0) is 4.79 Å². The molecule has 1 amide bonds. The smallest absolute Gasteiger partial charge is 0.324 e. The lowest BCUT2D eigenvalue weighted by Gasteiger charge is -2.35. The molecule has 0 saturated carbocycles. The predicted octanol–water partition coefficient (Wildman–Crippen LogP) is 1.28. The van der Waals surface area contributed by atoms with E-state index in [0.717, 1.165) is 12.8 Å². The molecule has 2 rings (SSSR count). The summed E-state index contributed by atoms with van der Waals surface area (Å²) in [6.07, 6.45) is 1.74. The molecule has 0 unspecified atom stereocenters. The molecule has 0 bridgehead atoms. The predicted molar refractivity (Wildman–Crippen MR) is 67.1 cm³/mol. The van der Waals surface area contributed by atoms with Gasteiger partial charge in [0.25, 0.3) is 0 Å². The number of carbonyl (C=O) groups is 1. The normalized spacial score (nSPS) is 24.6. The van der Waals surface area contributed by atoms with Gasteiger partial charge in [0, 0.05) is 18.5 Å². The molecular weight excluding hydrogens is 232 g/mol. The molecule has 6 nitrogen and oxygen atoms in total. The van der Waals surface area contributed by atoms with E-state index in [9.17, 15) is 4.79 Å². The zero-order chi connectivity index (χ0) is 13.3. The van der Waals surface area contributed by atoms with Gasteiger partial charge in [0.15, 0.2) is 5.82 Å². The van der Waals surface area contributed by atoms with E-state index in [1.807, 2.05) is 18.7 Å². The third-order valence-electron chi connectivity index (χ3n) is 3.48. The summed E-state index contributed by atoms with van der Waals surface area (Å²) in [6, 6.07) is 0.790. The zero-order valence-electron chi connectivity index (χ0n) is 11.1. The van der Waals surface area contributed by atoms with E-state index in [4.69, 9.17) is 10.3 Å². The Hall–Kier alpha value is -1.59. The standard InChI is InChI=1S/C12H20N4O2/c1-7(2)11-14-12(18-15-11)16-6-9(10(13)17)5-4-8(16)3/h7-9H,4-6H2,1-3H3,(H2,13,17)/t8-,9-/m0/s1. The van der Waals surface area contributed by atoms with Crippen molar-refractivity contribution in [2.75, 3.05) is 11.4 Å². The van der Waals surface area contributed by atoms with Gasteiger partial charge in [0.2, 0.25) is 5.91 Å². The third kappa shape index (κ3) is 2.47. The Bertz CT molecular complexity index is 429. The molecule has 1 aromatic heterocycles. The fourth-order valence-corrected chi connectivity index (χ4v) is 2.18. The Kier molecular flexibility index (Phi) is 3.54. The van der Waals surface area contributed by atoms with Gasteiger partial charge in [-0.05, 0) is 19.8 Å². The highest BCUT2D eigenvalue weighted by Gasteiger charge is 2.31. The van der Waals surface area contributed by atoms with Gasteiger partial charge in [-0.2, -0.15) is 4.98 Å². The maximum Gasteiger partial charge on any atom is 0.324 e. The van der Waals surface area contributed by atoms with Crippen LogP contribution in [0, 0.1) is 5.92 Å². The molecule has 0 aromatic carbocycles. The Morgan fingerprint density at radius 1 is 1.50 bits per heavy atom. The van der Waals surface area contributed by atoms with Crippen LogP contribution in [0.2, 0.25) is 0 Å². The second-order valence-electron chi connectivity index (χ2n) is 5.27. The van der Waals surface area contributed by atoms with Gasteiger partial charge in [0.1, 0.15) is 0 Å². The highest BCUT2D eigenvalue weighted by Crippen LogP contribution is 2.27. The van der Waals surface area contributed by atoms with E-state index >= 15 is 0 Å². The molecule has 1 aliphatic heterocycles. The van der Waals surface area contributed by atoms with Crippen molar-refractivity contribution in [2.45, 2.75) is 45.6 Å². The summed E-state index contributed by atoms with van der Waals surface area (Å²) < 4.78 is 5.28. The summed E-state index contributed by atoms with van der Waals surface area (Å²) in [5, 5.41) is 3.95. The average molecular weight is 252 g/mol. The van der Waals surface area contributed by atoms with Gasteiger partial charge in [0.05, 0.1) is 5.92 Å². The van der Waals surface area contributed by atoms with Crippen LogP contribution in [0.25, 0.3) is 0 Å². The topological polar surface area (TPSA) is 85.3 Å². The van der Waals surface area contributed by atoms with Gasteiger partial charge < -0.3 is 15.2 Å². The zero-order valence-corrected chi connectivity index (χ0v) is 11.1. The van der Waals surface area contributed by atoms with E-state index < -0.39 is 0 Å². The third-order valence-corrected chi connectivity index (χ3v) is 3.48. The molecule has 0 spiro atoms. The minimum atomic E-state index is -0.254. The molecule has 2 atom stereocenters. The summed E-state index contributed by atoms with van der Waals surface area (Å²) in [5.74, 6) is 0.541. The summed E-state index contributed by atoms with van der Waals surface area (Å²) in [5.41, 5.74) is 5.37. The maximum atomic E-state index is 11.3. The number of nitrogens with two attached hydrogens (primary N) is 1. The Balaban J connectivity index is 2.16.